The van der Waals surface area contributed by atoms with E-state index in [0.29, 0.717) is 5.75 Å². The van der Waals surface area contributed by atoms with E-state index in [0.717, 1.165) is 30.4 Å². The highest BCUT2D eigenvalue weighted by molar-refractivity contribution is 7.89. The summed E-state index contributed by atoms with van der Waals surface area (Å²) in [6.07, 6.45) is 6.29. The van der Waals surface area contributed by atoms with E-state index < -0.39 is 10.0 Å². The van der Waals surface area contributed by atoms with Gasteiger partial charge in [-0.2, -0.15) is 0 Å². The fourth-order valence-electron chi connectivity index (χ4n) is 2.99. The third-order valence-electron chi connectivity index (χ3n) is 4.06. The second kappa shape index (κ2) is 6.91. The van der Waals surface area contributed by atoms with E-state index in [9.17, 15) is 8.42 Å². The second-order valence-corrected chi connectivity index (χ2v) is 7.99. The Morgan fingerprint density at radius 2 is 1.96 bits per heavy atom. The highest BCUT2D eigenvalue weighted by Crippen LogP contribution is 2.30. The third-order valence-corrected chi connectivity index (χ3v) is 5.55. The average molecular weight is 346 g/mol. The van der Waals surface area contributed by atoms with E-state index >= 15 is 0 Å². The van der Waals surface area contributed by atoms with E-state index in [1.54, 1.807) is 30.5 Å². The van der Waals surface area contributed by atoms with Gasteiger partial charge in [-0.05, 0) is 74.6 Å². The summed E-state index contributed by atoms with van der Waals surface area (Å²) in [6, 6.07) is 8.24. The summed E-state index contributed by atoms with van der Waals surface area (Å²) in [5, 5.41) is 0. The first-order valence-electron chi connectivity index (χ1n) is 8.17. The molecule has 0 aliphatic heterocycles. The van der Waals surface area contributed by atoms with Gasteiger partial charge in [-0.1, -0.05) is 0 Å². The minimum absolute atomic E-state index is 0.0536. The Balaban J connectivity index is 1.80. The Labute approximate surface area is 143 Å². The zero-order chi connectivity index (χ0) is 17.2. The number of aryl methyl sites for hydroxylation is 1. The fourth-order valence-corrected chi connectivity index (χ4v) is 4.24. The number of nitrogens with zero attached hydrogens (tertiary/aromatic N) is 1. The summed E-state index contributed by atoms with van der Waals surface area (Å²) >= 11 is 0. The van der Waals surface area contributed by atoms with Crippen molar-refractivity contribution in [2.45, 2.75) is 50.2 Å². The van der Waals surface area contributed by atoms with Crippen LogP contribution in [0.25, 0.3) is 0 Å². The molecule has 3 rings (SSSR count). The van der Waals surface area contributed by atoms with Crippen LogP contribution in [0.5, 0.6) is 5.75 Å². The number of hydrogen-bond acceptors (Lipinski definition) is 4. The number of pyridine rings is 1. The van der Waals surface area contributed by atoms with Crippen molar-refractivity contribution < 1.29 is 13.2 Å². The van der Waals surface area contributed by atoms with Gasteiger partial charge in [-0.3, -0.25) is 4.98 Å². The predicted molar refractivity (Wildman–Crippen MR) is 92.4 cm³/mol. The standard InChI is InChI=1S/C18H22N2O3S/c1-13(2)23-15-6-8-16(9-7-15)24(21,22)20-18-5-3-4-14-12-19-11-10-17(14)18/h6-13,18,20H,3-5H2,1-2H3. The van der Waals surface area contributed by atoms with Crippen LogP contribution in [-0.2, 0) is 16.4 Å². The van der Waals surface area contributed by atoms with Crippen molar-refractivity contribution in [2.24, 2.45) is 0 Å². The maximum atomic E-state index is 12.7. The molecule has 0 bridgehead atoms. The lowest BCUT2D eigenvalue weighted by atomic mass is 9.90. The number of sulfonamides is 1. The first kappa shape index (κ1) is 16.9. The number of benzene rings is 1. The molecule has 0 saturated heterocycles. The van der Waals surface area contributed by atoms with Crippen molar-refractivity contribution in [1.82, 2.24) is 9.71 Å². The highest BCUT2D eigenvalue weighted by Gasteiger charge is 2.25. The normalized spacial score (nSPS) is 17.5. The molecule has 6 heteroatoms. The van der Waals surface area contributed by atoms with Crippen molar-refractivity contribution in [3.05, 3.63) is 53.9 Å². The van der Waals surface area contributed by atoms with Gasteiger partial charge in [-0.15, -0.1) is 0 Å². The number of nitrogens with one attached hydrogen (secondary N) is 1. The largest absolute Gasteiger partial charge is 0.491 e. The Bertz CT molecular complexity index is 801. The van der Waals surface area contributed by atoms with Gasteiger partial charge in [0.1, 0.15) is 5.75 Å². The molecule has 1 unspecified atom stereocenters. The maximum absolute atomic E-state index is 12.7. The molecule has 1 heterocycles. The van der Waals surface area contributed by atoms with Crippen LogP contribution in [0.4, 0.5) is 0 Å². The summed E-state index contributed by atoms with van der Waals surface area (Å²) < 4.78 is 33.7. The lowest BCUT2D eigenvalue weighted by Gasteiger charge is -2.25. The highest BCUT2D eigenvalue weighted by atomic mass is 32.2. The molecule has 24 heavy (non-hydrogen) atoms. The molecule has 1 aromatic heterocycles. The van der Waals surface area contributed by atoms with Crippen LogP contribution in [0.1, 0.15) is 43.9 Å². The van der Waals surface area contributed by atoms with Crippen molar-refractivity contribution in [3.8, 4) is 5.75 Å². The van der Waals surface area contributed by atoms with Crippen LogP contribution >= 0.6 is 0 Å². The third kappa shape index (κ3) is 3.76. The molecule has 128 valence electrons. The first-order chi connectivity index (χ1) is 11.5. The molecule has 2 aromatic rings. The number of hydrogen-bond donors (Lipinski definition) is 1. The van der Waals surface area contributed by atoms with Gasteiger partial charge in [-0.25, -0.2) is 13.1 Å². The lowest BCUT2D eigenvalue weighted by Crippen LogP contribution is -2.31. The summed E-state index contributed by atoms with van der Waals surface area (Å²) in [6.45, 7) is 3.86. The van der Waals surface area contributed by atoms with Gasteiger partial charge in [0.25, 0.3) is 0 Å². The molecule has 1 aliphatic rings. The minimum Gasteiger partial charge on any atom is -0.491 e. The molecule has 0 spiro atoms. The SMILES string of the molecule is CC(C)Oc1ccc(S(=O)(=O)NC2CCCc3cnccc32)cc1. The predicted octanol–water partition coefficient (Wildman–Crippen LogP) is 3.22. The molecule has 0 fully saturated rings. The first-order valence-corrected chi connectivity index (χ1v) is 9.66. The summed E-state index contributed by atoms with van der Waals surface area (Å²) in [5.74, 6) is 0.665. The van der Waals surface area contributed by atoms with Crippen molar-refractivity contribution in [2.75, 3.05) is 0 Å². The van der Waals surface area contributed by atoms with Crippen LogP contribution in [-0.4, -0.2) is 19.5 Å². The quantitative estimate of drug-likeness (QED) is 0.902. The van der Waals surface area contributed by atoms with Gasteiger partial charge in [0.15, 0.2) is 0 Å². The van der Waals surface area contributed by atoms with Crippen molar-refractivity contribution in [3.63, 3.8) is 0 Å². The summed E-state index contributed by atoms with van der Waals surface area (Å²) in [5.41, 5.74) is 2.15. The summed E-state index contributed by atoms with van der Waals surface area (Å²) in [7, 11) is -3.57. The summed E-state index contributed by atoms with van der Waals surface area (Å²) in [4.78, 5) is 4.38. The molecule has 1 aromatic carbocycles. The van der Waals surface area contributed by atoms with Crippen molar-refractivity contribution >= 4 is 10.0 Å². The van der Waals surface area contributed by atoms with Gasteiger partial charge in [0, 0.05) is 18.4 Å². The van der Waals surface area contributed by atoms with Gasteiger partial charge < -0.3 is 4.74 Å². The molecule has 5 nitrogen and oxygen atoms in total. The molecule has 0 radical (unpaired) electrons. The zero-order valence-electron chi connectivity index (χ0n) is 13.9. The van der Waals surface area contributed by atoms with Crippen LogP contribution in [0, 0.1) is 0 Å². The maximum Gasteiger partial charge on any atom is 0.241 e. The number of rotatable bonds is 5. The van der Waals surface area contributed by atoms with Gasteiger partial charge >= 0.3 is 0 Å². The number of aromatic nitrogens is 1. The van der Waals surface area contributed by atoms with Gasteiger partial charge in [0.2, 0.25) is 10.0 Å². The fraction of sp³-hybridized carbons (Fsp3) is 0.389. The molecule has 0 amide bonds. The second-order valence-electron chi connectivity index (χ2n) is 6.28. The Morgan fingerprint density at radius 1 is 1.21 bits per heavy atom. The topological polar surface area (TPSA) is 68.3 Å². The molecule has 1 N–H and O–H groups in total. The number of fused-ring (bicyclic) bond motifs is 1. The van der Waals surface area contributed by atoms with E-state index in [1.807, 2.05) is 26.1 Å². The van der Waals surface area contributed by atoms with Crippen molar-refractivity contribution in [1.29, 1.82) is 0 Å². The van der Waals surface area contributed by atoms with E-state index in [2.05, 4.69) is 9.71 Å². The molecule has 1 atom stereocenters. The molecule has 0 saturated carbocycles. The Kier molecular flexibility index (Phi) is 4.87. The lowest BCUT2D eigenvalue weighted by molar-refractivity contribution is 0.242. The van der Waals surface area contributed by atoms with Crippen LogP contribution < -0.4 is 9.46 Å². The molecular weight excluding hydrogens is 324 g/mol. The average Bonchev–Trinajstić information content (AvgIpc) is 2.55. The number of ether oxygens (including phenoxy) is 1. The van der Waals surface area contributed by atoms with E-state index in [1.165, 1.54) is 0 Å². The monoisotopic (exact) mass is 346 g/mol. The van der Waals surface area contributed by atoms with E-state index in [4.69, 9.17) is 4.74 Å². The van der Waals surface area contributed by atoms with Crippen LogP contribution in [0.15, 0.2) is 47.6 Å². The van der Waals surface area contributed by atoms with Crippen LogP contribution in [0.3, 0.4) is 0 Å². The smallest absolute Gasteiger partial charge is 0.241 e. The Morgan fingerprint density at radius 3 is 2.67 bits per heavy atom. The minimum atomic E-state index is -3.57. The molecular formula is C18H22N2O3S. The zero-order valence-corrected chi connectivity index (χ0v) is 14.7. The van der Waals surface area contributed by atoms with Gasteiger partial charge in [0.05, 0.1) is 11.0 Å². The molecule has 1 aliphatic carbocycles. The van der Waals surface area contributed by atoms with Crippen LogP contribution in [0.2, 0.25) is 0 Å². The van der Waals surface area contributed by atoms with E-state index in [-0.39, 0.29) is 17.0 Å². The Hall–Kier alpha value is -1.92.